The molecule has 0 saturated heterocycles. The second kappa shape index (κ2) is 7.11. The van der Waals surface area contributed by atoms with Gasteiger partial charge in [-0.25, -0.2) is 19.3 Å². The van der Waals surface area contributed by atoms with Gasteiger partial charge in [0.25, 0.3) is 0 Å². The van der Waals surface area contributed by atoms with Crippen LogP contribution in [0.1, 0.15) is 20.8 Å². The fourth-order valence-corrected chi connectivity index (χ4v) is 2.43. The number of nitrogens with zero attached hydrogens (tertiary/aromatic N) is 3. The Bertz CT molecular complexity index is 980. The third-order valence-corrected chi connectivity index (χ3v) is 3.98. The van der Waals surface area contributed by atoms with E-state index in [1.807, 2.05) is 20.8 Å². The number of carbonyl (C=O) groups is 1. The molecule has 1 amide bonds. The molecule has 138 valence electrons. The number of pyridine rings is 1. The van der Waals surface area contributed by atoms with Gasteiger partial charge >= 0.3 is 0 Å². The Kier molecular flexibility index (Phi) is 4.85. The van der Waals surface area contributed by atoms with E-state index in [1.165, 1.54) is 18.5 Å². The Morgan fingerprint density at radius 1 is 1.04 bits per heavy atom. The summed E-state index contributed by atoms with van der Waals surface area (Å²) in [6.07, 6.45) is 4.52. The lowest BCUT2D eigenvalue weighted by Crippen LogP contribution is -2.28. The van der Waals surface area contributed by atoms with Crippen LogP contribution in [0.5, 0.6) is 0 Å². The predicted octanol–water partition coefficient (Wildman–Crippen LogP) is 3.91. The van der Waals surface area contributed by atoms with Crippen LogP contribution in [0.3, 0.4) is 0 Å². The maximum atomic E-state index is 14.7. The summed E-state index contributed by atoms with van der Waals surface area (Å²) < 4.78 is 14.7. The van der Waals surface area contributed by atoms with E-state index in [4.69, 9.17) is 5.73 Å². The Balaban J connectivity index is 1.97. The molecule has 0 aliphatic heterocycles. The predicted molar refractivity (Wildman–Crippen MR) is 103 cm³/mol. The maximum Gasteiger partial charge on any atom is 0.230 e. The fourth-order valence-electron chi connectivity index (χ4n) is 2.43. The van der Waals surface area contributed by atoms with Gasteiger partial charge in [0.05, 0.1) is 0 Å². The summed E-state index contributed by atoms with van der Waals surface area (Å²) in [5, 5.41) is 2.81. The number of rotatable bonds is 3. The standard InChI is InChI=1S/C20H20FN5O/c1-20(2,3)18(27)26-17-15(5-4-8-23-17)12-6-7-14(16(21)9-12)13-10-24-19(22)25-11-13/h4-11H,1-3H3,(H2,22,24,25)(H,23,26,27). The SMILES string of the molecule is CC(C)(C)C(=O)Nc1ncccc1-c1ccc(-c2cnc(N)nc2)c(F)c1. The molecule has 0 radical (unpaired) electrons. The van der Waals surface area contributed by atoms with Gasteiger partial charge in [-0.15, -0.1) is 0 Å². The van der Waals surface area contributed by atoms with Crippen molar-refractivity contribution in [1.29, 1.82) is 0 Å². The molecule has 27 heavy (non-hydrogen) atoms. The molecule has 0 atom stereocenters. The molecule has 0 unspecified atom stereocenters. The van der Waals surface area contributed by atoms with E-state index in [-0.39, 0.29) is 11.9 Å². The van der Waals surface area contributed by atoms with Crippen LogP contribution in [-0.4, -0.2) is 20.9 Å². The number of amides is 1. The third-order valence-electron chi connectivity index (χ3n) is 3.98. The number of hydrogen-bond acceptors (Lipinski definition) is 5. The largest absolute Gasteiger partial charge is 0.368 e. The monoisotopic (exact) mass is 365 g/mol. The average molecular weight is 365 g/mol. The summed E-state index contributed by atoms with van der Waals surface area (Å²) in [6, 6.07) is 8.32. The van der Waals surface area contributed by atoms with E-state index in [0.29, 0.717) is 28.1 Å². The first kappa shape index (κ1) is 18.4. The molecule has 0 aliphatic rings. The van der Waals surface area contributed by atoms with Crippen molar-refractivity contribution in [2.75, 3.05) is 11.1 Å². The van der Waals surface area contributed by atoms with Crippen LogP contribution in [0.15, 0.2) is 48.9 Å². The van der Waals surface area contributed by atoms with Crippen LogP contribution in [0.25, 0.3) is 22.3 Å². The fraction of sp³-hybridized carbons (Fsp3) is 0.200. The number of nitrogens with two attached hydrogens (primary N) is 1. The Hall–Kier alpha value is -3.35. The van der Waals surface area contributed by atoms with Crippen LogP contribution >= 0.6 is 0 Å². The van der Waals surface area contributed by atoms with E-state index in [9.17, 15) is 9.18 Å². The smallest absolute Gasteiger partial charge is 0.230 e. The number of anilines is 2. The quantitative estimate of drug-likeness (QED) is 0.734. The second-order valence-electron chi connectivity index (χ2n) is 7.13. The van der Waals surface area contributed by atoms with Crippen molar-refractivity contribution in [3.63, 3.8) is 0 Å². The maximum absolute atomic E-state index is 14.7. The molecule has 3 rings (SSSR count). The van der Waals surface area contributed by atoms with Crippen LogP contribution in [0, 0.1) is 11.2 Å². The third kappa shape index (κ3) is 4.08. The van der Waals surface area contributed by atoms with Crippen LogP contribution < -0.4 is 11.1 Å². The molecule has 2 heterocycles. The molecule has 0 saturated carbocycles. The number of hydrogen-bond donors (Lipinski definition) is 2. The lowest BCUT2D eigenvalue weighted by atomic mass is 9.95. The summed E-state index contributed by atoms with van der Waals surface area (Å²) in [5.74, 6) is -0.0813. The van der Waals surface area contributed by atoms with Gasteiger partial charge in [-0.3, -0.25) is 4.79 Å². The second-order valence-corrected chi connectivity index (χ2v) is 7.13. The van der Waals surface area contributed by atoms with Gasteiger partial charge in [-0.1, -0.05) is 32.9 Å². The highest BCUT2D eigenvalue weighted by molar-refractivity contribution is 5.97. The lowest BCUT2D eigenvalue weighted by Gasteiger charge is -2.19. The summed E-state index contributed by atoms with van der Waals surface area (Å²) >= 11 is 0. The minimum atomic E-state index is -0.570. The number of nitrogens with one attached hydrogen (secondary N) is 1. The van der Waals surface area contributed by atoms with Gasteiger partial charge < -0.3 is 11.1 Å². The molecular formula is C20H20FN5O. The minimum absolute atomic E-state index is 0.130. The average Bonchev–Trinajstić information content (AvgIpc) is 2.62. The first-order valence-corrected chi connectivity index (χ1v) is 8.40. The number of halogens is 1. The summed E-state index contributed by atoms with van der Waals surface area (Å²) in [6.45, 7) is 5.44. The van der Waals surface area contributed by atoms with Crippen LogP contribution in [0.4, 0.5) is 16.2 Å². The highest BCUT2D eigenvalue weighted by Gasteiger charge is 2.23. The van der Waals surface area contributed by atoms with Crippen molar-refractivity contribution in [2.24, 2.45) is 5.41 Å². The lowest BCUT2D eigenvalue weighted by molar-refractivity contribution is -0.123. The first-order valence-electron chi connectivity index (χ1n) is 8.40. The summed E-state index contributed by atoms with van der Waals surface area (Å²) in [7, 11) is 0. The Morgan fingerprint density at radius 3 is 2.37 bits per heavy atom. The van der Waals surface area contributed by atoms with Crippen molar-refractivity contribution >= 4 is 17.7 Å². The van der Waals surface area contributed by atoms with Gasteiger partial charge in [0.15, 0.2) is 0 Å². The van der Waals surface area contributed by atoms with Crippen molar-refractivity contribution in [3.05, 3.63) is 54.7 Å². The highest BCUT2D eigenvalue weighted by Crippen LogP contribution is 2.31. The van der Waals surface area contributed by atoms with E-state index in [0.717, 1.165) is 0 Å². The van der Waals surface area contributed by atoms with E-state index in [1.54, 1.807) is 30.5 Å². The van der Waals surface area contributed by atoms with Gasteiger partial charge in [0.2, 0.25) is 11.9 Å². The molecule has 0 fully saturated rings. The van der Waals surface area contributed by atoms with E-state index in [2.05, 4.69) is 20.3 Å². The summed E-state index contributed by atoms with van der Waals surface area (Å²) in [5.41, 5.74) is 7.03. The molecule has 7 heteroatoms. The van der Waals surface area contributed by atoms with Crippen molar-refractivity contribution in [1.82, 2.24) is 15.0 Å². The Morgan fingerprint density at radius 2 is 1.74 bits per heavy atom. The zero-order valence-electron chi connectivity index (χ0n) is 15.3. The van der Waals surface area contributed by atoms with Crippen molar-refractivity contribution in [3.8, 4) is 22.3 Å². The molecule has 3 N–H and O–H groups in total. The minimum Gasteiger partial charge on any atom is -0.368 e. The van der Waals surface area contributed by atoms with Gasteiger partial charge in [0, 0.05) is 40.7 Å². The molecule has 0 bridgehead atoms. The zero-order valence-corrected chi connectivity index (χ0v) is 15.3. The van der Waals surface area contributed by atoms with Crippen molar-refractivity contribution < 1.29 is 9.18 Å². The van der Waals surface area contributed by atoms with Gasteiger partial charge in [0.1, 0.15) is 11.6 Å². The number of benzene rings is 1. The molecule has 0 spiro atoms. The number of carbonyl (C=O) groups excluding carboxylic acids is 1. The number of nitrogen functional groups attached to an aromatic ring is 1. The normalized spacial score (nSPS) is 11.3. The molecule has 3 aromatic rings. The molecular weight excluding hydrogens is 345 g/mol. The zero-order chi connectivity index (χ0) is 19.6. The van der Waals surface area contributed by atoms with Crippen molar-refractivity contribution in [2.45, 2.75) is 20.8 Å². The number of aromatic nitrogens is 3. The highest BCUT2D eigenvalue weighted by atomic mass is 19.1. The van der Waals surface area contributed by atoms with Crippen LogP contribution in [0.2, 0.25) is 0 Å². The molecule has 0 aliphatic carbocycles. The molecule has 2 aromatic heterocycles. The molecule has 6 nitrogen and oxygen atoms in total. The Labute approximate surface area is 156 Å². The van der Waals surface area contributed by atoms with Gasteiger partial charge in [-0.05, 0) is 23.8 Å². The topological polar surface area (TPSA) is 93.8 Å². The van der Waals surface area contributed by atoms with Crippen LogP contribution in [-0.2, 0) is 4.79 Å². The molecule has 1 aromatic carbocycles. The summed E-state index contributed by atoms with van der Waals surface area (Å²) in [4.78, 5) is 24.3. The van der Waals surface area contributed by atoms with Gasteiger partial charge in [-0.2, -0.15) is 0 Å². The first-order chi connectivity index (χ1) is 12.8. The van der Waals surface area contributed by atoms with E-state index < -0.39 is 11.2 Å². The van der Waals surface area contributed by atoms with E-state index >= 15 is 0 Å².